The summed E-state index contributed by atoms with van der Waals surface area (Å²) >= 11 is 12.0. The second-order valence-corrected chi connectivity index (χ2v) is 7.51. The standard InChI is InChI=1S/C22H18Cl2N4O4/c1-30-15-3-5-16(6-4-15)31-12-17-7-9-20(32-17)21(29)26-22-25-13-28(27-22)11-14-2-8-18(23)19(24)10-14/h2-10,13H,11-12H2,1H3,(H,26,27,29). The smallest absolute Gasteiger partial charge is 0.293 e. The lowest BCUT2D eigenvalue weighted by Crippen LogP contribution is -2.12. The van der Waals surface area contributed by atoms with Crippen molar-refractivity contribution in [3.05, 3.63) is 88.1 Å². The summed E-state index contributed by atoms with van der Waals surface area (Å²) in [4.78, 5) is 16.5. The van der Waals surface area contributed by atoms with Gasteiger partial charge in [0.1, 0.15) is 30.2 Å². The Morgan fingerprint density at radius 3 is 2.59 bits per heavy atom. The number of hydrogen-bond donors (Lipinski definition) is 1. The van der Waals surface area contributed by atoms with Crippen molar-refractivity contribution in [2.24, 2.45) is 0 Å². The number of amides is 1. The van der Waals surface area contributed by atoms with E-state index in [9.17, 15) is 4.79 Å². The highest BCUT2D eigenvalue weighted by Crippen LogP contribution is 2.23. The van der Waals surface area contributed by atoms with Gasteiger partial charge in [0, 0.05) is 0 Å². The van der Waals surface area contributed by atoms with Crippen molar-refractivity contribution in [1.82, 2.24) is 14.8 Å². The molecule has 2 heterocycles. The topological polar surface area (TPSA) is 91.4 Å². The molecule has 0 saturated carbocycles. The van der Waals surface area contributed by atoms with Gasteiger partial charge in [0.05, 0.1) is 23.7 Å². The zero-order chi connectivity index (χ0) is 22.5. The van der Waals surface area contributed by atoms with Gasteiger partial charge in [-0.2, -0.15) is 0 Å². The van der Waals surface area contributed by atoms with E-state index in [-0.39, 0.29) is 18.3 Å². The summed E-state index contributed by atoms with van der Waals surface area (Å²) in [5, 5.41) is 7.79. The van der Waals surface area contributed by atoms with Crippen LogP contribution in [-0.4, -0.2) is 27.8 Å². The number of halogens is 2. The molecule has 1 N–H and O–H groups in total. The molecule has 0 atom stereocenters. The fourth-order valence-electron chi connectivity index (χ4n) is 2.82. The van der Waals surface area contributed by atoms with Gasteiger partial charge in [-0.3, -0.25) is 10.1 Å². The molecule has 0 spiro atoms. The molecule has 0 bridgehead atoms. The molecular weight excluding hydrogens is 455 g/mol. The second-order valence-electron chi connectivity index (χ2n) is 6.70. The number of rotatable bonds is 8. The molecule has 0 saturated heterocycles. The number of ether oxygens (including phenoxy) is 2. The van der Waals surface area contributed by atoms with Crippen LogP contribution < -0.4 is 14.8 Å². The maximum atomic E-state index is 12.4. The van der Waals surface area contributed by atoms with Crippen LogP contribution in [0.2, 0.25) is 10.0 Å². The van der Waals surface area contributed by atoms with E-state index in [2.05, 4.69) is 15.4 Å². The molecule has 0 unspecified atom stereocenters. The molecule has 2 aromatic heterocycles. The van der Waals surface area contributed by atoms with Gasteiger partial charge in [-0.1, -0.05) is 29.3 Å². The Bertz CT molecular complexity index is 1220. The van der Waals surface area contributed by atoms with Crippen LogP contribution in [0, 0.1) is 0 Å². The van der Waals surface area contributed by atoms with Crippen LogP contribution >= 0.6 is 23.2 Å². The zero-order valence-corrected chi connectivity index (χ0v) is 18.4. The third-order valence-corrected chi connectivity index (χ3v) is 5.16. The highest BCUT2D eigenvalue weighted by Gasteiger charge is 2.14. The minimum Gasteiger partial charge on any atom is -0.497 e. The van der Waals surface area contributed by atoms with E-state index >= 15 is 0 Å². The van der Waals surface area contributed by atoms with E-state index in [1.54, 1.807) is 60.3 Å². The summed E-state index contributed by atoms with van der Waals surface area (Å²) in [5.41, 5.74) is 0.898. The molecule has 2 aromatic carbocycles. The third-order valence-electron chi connectivity index (χ3n) is 4.42. The summed E-state index contributed by atoms with van der Waals surface area (Å²) in [7, 11) is 1.60. The molecule has 0 radical (unpaired) electrons. The van der Waals surface area contributed by atoms with E-state index in [1.807, 2.05) is 6.07 Å². The quantitative estimate of drug-likeness (QED) is 0.385. The van der Waals surface area contributed by atoms with Crippen molar-refractivity contribution in [2.45, 2.75) is 13.2 Å². The number of benzene rings is 2. The van der Waals surface area contributed by atoms with Gasteiger partial charge >= 0.3 is 0 Å². The highest BCUT2D eigenvalue weighted by molar-refractivity contribution is 6.42. The fourth-order valence-corrected chi connectivity index (χ4v) is 3.14. The highest BCUT2D eigenvalue weighted by atomic mass is 35.5. The van der Waals surface area contributed by atoms with Crippen LogP contribution in [0.4, 0.5) is 5.95 Å². The number of anilines is 1. The van der Waals surface area contributed by atoms with Crippen LogP contribution in [0.25, 0.3) is 0 Å². The average molecular weight is 473 g/mol. The van der Waals surface area contributed by atoms with Gasteiger partial charge in [0.2, 0.25) is 5.95 Å². The Morgan fingerprint density at radius 2 is 1.84 bits per heavy atom. The summed E-state index contributed by atoms with van der Waals surface area (Å²) in [5.74, 6) is 1.71. The van der Waals surface area contributed by atoms with Crippen molar-refractivity contribution in [3.8, 4) is 11.5 Å². The average Bonchev–Trinajstić information content (AvgIpc) is 3.45. The first-order chi connectivity index (χ1) is 15.5. The van der Waals surface area contributed by atoms with E-state index in [0.717, 1.165) is 11.3 Å². The second kappa shape index (κ2) is 9.76. The van der Waals surface area contributed by atoms with Gasteiger partial charge < -0.3 is 13.9 Å². The van der Waals surface area contributed by atoms with Crippen LogP contribution in [0.3, 0.4) is 0 Å². The third kappa shape index (κ3) is 5.40. The molecule has 1 amide bonds. The molecule has 4 aromatic rings. The van der Waals surface area contributed by atoms with Crippen molar-refractivity contribution in [3.63, 3.8) is 0 Å². The predicted octanol–water partition coefficient (Wildman–Crippen LogP) is 5.07. The number of nitrogens with one attached hydrogen (secondary N) is 1. The SMILES string of the molecule is COc1ccc(OCc2ccc(C(=O)Nc3ncn(Cc4ccc(Cl)c(Cl)c4)n3)o2)cc1. The van der Waals surface area contributed by atoms with Crippen molar-refractivity contribution >= 4 is 35.1 Å². The molecule has 0 aliphatic heterocycles. The monoisotopic (exact) mass is 472 g/mol. The molecule has 164 valence electrons. The Labute approximate surface area is 193 Å². The predicted molar refractivity (Wildman–Crippen MR) is 120 cm³/mol. The molecular formula is C22H18Cl2N4O4. The van der Waals surface area contributed by atoms with Gasteiger partial charge in [-0.25, -0.2) is 9.67 Å². The van der Waals surface area contributed by atoms with Crippen molar-refractivity contribution in [2.75, 3.05) is 12.4 Å². The largest absolute Gasteiger partial charge is 0.497 e. The lowest BCUT2D eigenvalue weighted by Gasteiger charge is -2.05. The Kier molecular flexibility index (Phi) is 6.63. The first-order valence-electron chi connectivity index (χ1n) is 9.50. The fraction of sp³-hybridized carbons (Fsp3) is 0.136. The van der Waals surface area contributed by atoms with Gasteiger partial charge in [0.15, 0.2) is 5.76 Å². The summed E-state index contributed by atoms with van der Waals surface area (Å²) < 4.78 is 17.9. The maximum absolute atomic E-state index is 12.4. The number of hydrogen-bond acceptors (Lipinski definition) is 6. The van der Waals surface area contributed by atoms with Crippen LogP contribution in [-0.2, 0) is 13.2 Å². The summed E-state index contributed by atoms with van der Waals surface area (Å²) in [6, 6.07) is 15.7. The van der Waals surface area contributed by atoms with Crippen molar-refractivity contribution in [1.29, 1.82) is 0 Å². The molecule has 32 heavy (non-hydrogen) atoms. The van der Waals surface area contributed by atoms with E-state index < -0.39 is 5.91 Å². The molecule has 0 aliphatic carbocycles. The Balaban J connectivity index is 1.32. The lowest BCUT2D eigenvalue weighted by atomic mass is 10.2. The van der Waals surface area contributed by atoms with Gasteiger partial charge in [-0.15, -0.1) is 5.10 Å². The lowest BCUT2D eigenvalue weighted by molar-refractivity contribution is 0.0991. The van der Waals surface area contributed by atoms with E-state index in [0.29, 0.717) is 28.1 Å². The number of carbonyl (C=O) groups excluding carboxylic acids is 1. The van der Waals surface area contributed by atoms with Crippen LogP contribution in [0.1, 0.15) is 21.9 Å². The summed E-state index contributed by atoms with van der Waals surface area (Å²) in [6.07, 6.45) is 1.51. The number of carbonyl (C=O) groups is 1. The van der Waals surface area contributed by atoms with Gasteiger partial charge in [0.25, 0.3) is 5.91 Å². The number of aromatic nitrogens is 3. The normalized spacial score (nSPS) is 10.7. The van der Waals surface area contributed by atoms with E-state index in [4.69, 9.17) is 37.1 Å². The minimum atomic E-state index is -0.465. The van der Waals surface area contributed by atoms with Crippen LogP contribution in [0.15, 0.2) is 65.3 Å². The molecule has 0 fully saturated rings. The summed E-state index contributed by atoms with van der Waals surface area (Å²) in [6.45, 7) is 0.601. The Morgan fingerprint density at radius 1 is 1.06 bits per heavy atom. The number of nitrogens with zero attached hydrogens (tertiary/aromatic N) is 3. The molecule has 0 aliphatic rings. The molecule has 4 rings (SSSR count). The molecule has 8 nitrogen and oxygen atoms in total. The maximum Gasteiger partial charge on any atom is 0.293 e. The van der Waals surface area contributed by atoms with Crippen LogP contribution in [0.5, 0.6) is 11.5 Å². The van der Waals surface area contributed by atoms with E-state index in [1.165, 1.54) is 6.33 Å². The Hall–Kier alpha value is -3.49. The first-order valence-corrected chi connectivity index (χ1v) is 10.3. The van der Waals surface area contributed by atoms with Crippen molar-refractivity contribution < 1.29 is 18.7 Å². The number of furan rings is 1. The first kappa shape index (κ1) is 21.7. The number of methoxy groups -OCH3 is 1. The van der Waals surface area contributed by atoms with Gasteiger partial charge in [-0.05, 0) is 54.1 Å². The zero-order valence-electron chi connectivity index (χ0n) is 16.9. The molecule has 10 heteroatoms. The minimum absolute atomic E-state index is 0.124.